The highest BCUT2D eigenvalue weighted by atomic mass is 16.5. The van der Waals surface area contributed by atoms with Gasteiger partial charge in [-0.25, -0.2) is 0 Å². The second kappa shape index (κ2) is 6.79. The summed E-state index contributed by atoms with van der Waals surface area (Å²) in [5.41, 5.74) is 9.94. The topological polar surface area (TPSA) is 35.2 Å². The standard InChI is InChI=1S/C16H27NO/c1-6-7-8-11(2)15(17)14-9-12(3)16(18-5)13(4)10-14/h9-11,15H,6-8,17H2,1-5H3. The van der Waals surface area contributed by atoms with Gasteiger partial charge in [-0.15, -0.1) is 0 Å². The van der Waals surface area contributed by atoms with Crippen molar-refractivity contribution in [2.75, 3.05) is 7.11 Å². The van der Waals surface area contributed by atoms with Gasteiger partial charge in [0.05, 0.1) is 7.11 Å². The maximum atomic E-state index is 6.37. The summed E-state index contributed by atoms with van der Waals surface area (Å²) in [6.07, 6.45) is 3.68. The van der Waals surface area contributed by atoms with Gasteiger partial charge >= 0.3 is 0 Å². The molecular formula is C16H27NO. The number of benzene rings is 1. The van der Waals surface area contributed by atoms with E-state index < -0.39 is 0 Å². The lowest BCUT2D eigenvalue weighted by atomic mass is 9.89. The van der Waals surface area contributed by atoms with Gasteiger partial charge in [0, 0.05) is 6.04 Å². The average molecular weight is 249 g/mol. The molecule has 0 fully saturated rings. The first-order valence-corrected chi connectivity index (χ1v) is 6.92. The lowest BCUT2D eigenvalue weighted by molar-refractivity contribution is 0.405. The van der Waals surface area contributed by atoms with Crippen LogP contribution in [0, 0.1) is 19.8 Å². The Morgan fingerprint density at radius 1 is 1.22 bits per heavy atom. The van der Waals surface area contributed by atoms with Crippen molar-refractivity contribution in [2.24, 2.45) is 11.7 Å². The minimum absolute atomic E-state index is 0.125. The van der Waals surface area contributed by atoms with Gasteiger partial charge in [0.15, 0.2) is 0 Å². The Morgan fingerprint density at radius 2 is 1.78 bits per heavy atom. The van der Waals surface area contributed by atoms with Gasteiger partial charge in [0.1, 0.15) is 5.75 Å². The van der Waals surface area contributed by atoms with Gasteiger partial charge < -0.3 is 10.5 Å². The fourth-order valence-corrected chi connectivity index (χ4v) is 2.53. The van der Waals surface area contributed by atoms with E-state index in [1.807, 2.05) is 0 Å². The number of methoxy groups -OCH3 is 1. The molecule has 0 saturated carbocycles. The fourth-order valence-electron chi connectivity index (χ4n) is 2.53. The van der Waals surface area contributed by atoms with Crippen LogP contribution < -0.4 is 10.5 Å². The van der Waals surface area contributed by atoms with Crippen molar-refractivity contribution in [1.82, 2.24) is 0 Å². The maximum absolute atomic E-state index is 6.37. The third-order valence-corrected chi connectivity index (χ3v) is 3.70. The van der Waals surface area contributed by atoms with Crippen molar-refractivity contribution >= 4 is 0 Å². The highest BCUT2D eigenvalue weighted by Gasteiger charge is 2.16. The zero-order chi connectivity index (χ0) is 13.7. The van der Waals surface area contributed by atoms with E-state index in [1.165, 1.54) is 36.0 Å². The molecule has 0 aliphatic carbocycles. The van der Waals surface area contributed by atoms with Crippen molar-refractivity contribution in [3.8, 4) is 5.75 Å². The van der Waals surface area contributed by atoms with Crippen LogP contribution in [0.25, 0.3) is 0 Å². The fraction of sp³-hybridized carbons (Fsp3) is 0.625. The first-order valence-electron chi connectivity index (χ1n) is 6.92. The number of nitrogens with two attached hydrogens (primary N) is 1. The summed E-state index contributed by atoms with van der Waals surface area (Å²) in [6, 6.07) is 4.46. The van der Waals surface area contributed by atoms with Gasteiger partial charge in [0.2, 0.25) is 0 Å². The number of hydrogen-bond donors (Lipinski definition) is 1. The third kappa shape index (κ3) is 3.49. The van der Waals surface area contributed by atoms with Crippen molar-refractivity contribution in [3.05, 3.63) is 28.8 Å². The molecule has 0 bridgehead atoms. The van der Waals surface area contributed by atoms with Gasteiger partial charge in [-0.3, -0.25) is 0 Å². The SMILES string of the molecule is CCCCC(C)C(N)c1cc(C)c(OC)c(C)c1. The van der Waals surface area contributed by atoms with Crippen LogP contribution in [-0.4, -0.2) is 7.11 Å². The highest BCUT2D eigenvalue weighted by molar-refractivity contribution is 5.44. The normalized spacial score (nSPS) is 14.3. The maximum Gasteiger partial charge on any atom is 0.124 e. The molecule has 2 heteroatoms. The van der Waals surface area contributed by atoms with E-state index >= 15 is 0 Å². The predicted molar refractivity (Wildman–Crippen MR) is 78.1 cm³/mol. The Labute approximate surface area is 112 Å². The van der Waals surface area contributed by atoms with Gasteiger partial charge in [-0.05, 0) is 42.9 Å². The summed E-state index contributed by atoms with van der Waals surface area (Å²) in [6.45, 7) is 8.63. The number of hydrogen-bond acceptors (Lipinski definition) is 2. The molecule has 1 aromatic carbocycles. The first-order chi connectivity index (χ1) is 8.51. The second-order valence-electron chi connectivity index (χ2n) is 5.33. The number of aryl methyl sites for hydroxylation is 2. The lowest BCUT2D eigenvalue weighted by Crippen LogP contribution is -2.19. The first kappa shape index (κ1) is 15.0. The minimum atomic E-state index is 0.125. The van der Waals surface area contributed by atoms with E-state index in [-0.39, 0.29) is 6.04 Å². The van der Waals surface area contributed by atoms with Crippen LogP contribution in [0.15, 0.2) is 12.1 Å². The van der Waals surface area contributed by atoms with Crippen LogP contribution in [0.4, 0.5) is 0 Å². The Balaban J connectivity index is 2.89. The Morgan fingerprint density at radius 3 is 2.22 bits per heavy atom. The summed E-state index contributed by atoms with van der Waals surface area (Å²) < 4.78 is 5.40. The minimum Gasteiger partial charge on any atom is -0.496 e. The molecule has 0 heterocycles. The summed E-state index contributed by atoms with van der Waals surface area (Å²) in [4.78, 5) is 0. The van der Waals surface area contributed by atoms with Crippen LogP contribution in [-0.2, 0) is 0 Å². The lowest BCUT2D eigenvalue weighted by Gasteiger charge is -2.22. The quantitative estimate of drug-likeness (QED) is 0.822. The molecule has 0 spiro atoms. The molecular weight excluding hydrogens is 222 g/mol. The van der Waals surface area contributed by atoms with Crippen LogP contribution in [0.1, 0.15) is 55.8 Å². The number of rotatable bonds is 6. The largest absolute Gasteiger partial charge is 0.496 e. The Bertz CT molecular complexity index is 364. The molecule has 0 radical (unpaired) electrons. The van der Waals surface area contributed by atoms with Crippen molar-refractivity contribution in [1.29, 1.82) is 0 Å². The monoisotopic (exact) mass is 249 g/mol. The van der Waals surface area contributed by atoms with Gasteiger partial charge in [-0.1, -0.05) is 38.8 Å². The van der Waals surface area contributed by atoms with E-state index in [1.54, 1.807) is 7.11 Å². The summed E-state index contributed by atoms with van der Waals surface area (Å²) >= 11 is 0. The van der Waals surface area contributed by atoms with E-state index in [0.717, 1.165) is 5.75 Å². The van der Waals surface area contributed by atoms with Crippen molar-refractivity contribution in [3.63, 3.8) is 0 Å². The Hall–Kier alpha value is -1.02. The average Bonchev–Trinajstić information content (AvgIpc) is 2.34. The molecule has 0 aliphatic rings. The summed E-state index contributed by atoms with van der Waals surface area (Å²) in [5.74, 6) is 1.50. The van der Waals surface area contributed by atoms with Gasteiger partial charge in [0.25, 0.3) is 0 Å². The highest BCUT2D eigenvalue weighted by Crippen LogP contribution is 2.30. The van der Waals surface area contributed by atoms with Crippen molar-refractivity contribution in [2.45, 2.75) is 53.0 Å². The molecule has 1 aromatic rings. The Kier molecular flexibility index (Phi) is 5.67. The molecule has 0 saturated heterocycles. The molecule has 18 heavy (non-hydrogen) atoms. The smallest absolute Gasteiger partial charge is 0.124 e. The zero-order valence-electron chi connectivity index (χ0n) is 12.4. The van der Waals surface area contributed by atoms with E-state index in [0.29, 0.717) is 5.92 Å². The van der Waals surface area contributed by atoms with Crippen LogP contribution in [0.3, 0.4) is 0 Å². The van der Waals surface area contributed by atoms with Crippen LogP contribution >= 0.6 is 0 Å². The molecule has 0 aromatic heterocycles. The summed E-state index contributed by atoms with van der Waals surface area (Å²) in [7, 11) is 1.72. The molecule has 2 nitrogen and oxygen atoms in total. The summed E-state index contributed by atoms with van der Waals surface area (Å²) in [5, 5.41) is 0. The van der Waals surface area contributed by atoms with Crippen LogP contribution in [0.2, 0.25) is 0 Å². The number of ether oxygens (including phenoxy) is 1. The third-order valence-electron chi connectivity index (χ3n) is 3.70. The molecule has 2 unspecified atom stereocenters. The molecule has 0 amide bonds. The number of unbranched alkanes of at least 4 members (excludes halogenated alkanes) is 1. The van der Waals surface area contributed by atoms with E-state index in [2.05, 4.69) is 39.8 Å². The second-order valence-corrected chi connectivity index (χ2v) is 5.33. The van der Waals surface area contributed by atoms with E-state index in [9.17, 15) is 0 Å². The molecule has 102 valence electrons. The van der Waals surface area contributed by atoms with Gasteiger partial charge in [-0.2, -0.15) is 0 Å². The van der Waals surface area contributed by atoms with Crippen LogP contribution in [0.5, 0.6) is 5.75 Å². The zero-order valence-corrected chi connectivity index (χ0v) is 12.4. The van der Waals surface area contributed by atoms with E-state index in [4.69, 9.17) is 10.5 Å². The molecule has 1 rings (SSSR count). The molecule has 0 aliphatic heterocycles. The molecule has 2 N–H and O–H groups in total. The van der Waals surface area contributed by atoms with Crippen molar-refractivity contribution < 1.29 is 4.74 Å². The predicted octanol–water partition coefficient (Wildman–Crippen LogP) is 4.14. The molecule has 2 atom stereocenters.